The summed E-state index contributed by atoms with van der Waals surface area (Å²) in [4.78, 5) is 153. The Morgan fingerprint density at radius 3 is 1.85 bits per heavy atom. The number of rotatable bonds is 30. The molecule has 1 fully saturated rings. The fourth-order valence-electron chi connectivity index (χ4n) is 9.64. The minimum absolute atomic E-state index is 0. The molecule has 31 heteroatoms. The molecule has 1 aromatic heterocycles. The van der Waals surface area contributed by atoms with Gasteiger partial charge in [-0.2, -0.15) is 19.2 Å². The van der Waals surface area contributed by atoms with Gasteiger partial charge in [0.15, 0.2) is 0 Å². The number of fused-ring (bicyclic) bond motifs is 5. The van der Waals surface area contributed by atoms with Crippen LogP contribution in [0.4, 0.5) is 5.69 Å². The normalized spacial score (nSPS) is 15.7. The van der Waals surface area contributed by atoms with Gasteiger partial charge in [0.2, 0.25) is 17.7 Å². The Morgan fingerprint density at radius 2 is 1.25 bits per heavy atom. The summed E-state index contributed by atoms with van der Waals surface area (Å²) in [6.07, 6.45) is -0.168. The van der Waals surface area contributed by atoms with Crippen LogP contribution in [0.5, 0.6) is 0 Å². The van der Waals surface area contributed by atoms with Crippen LogP contribution in [0.25, 0.3) is 22.5 Å². The van der Waals surface area contributed by atoms with E-state index < -0.39 is 80.2 Å². The minimum atomic E-state index is -4.38. The molecular formula is C56H82GaN10O19P. The van der Waals surface area contributed by atoms with Crippen molar-refractivity contribution < 1.29 is 91.9 Å². The van der Waals surface area contributed by atoms with Gasteiger partial charge in [-0.3, -0.25) is 47.9 Å². The van der Waals surface area contributed by atoms with Crippen LogP contribution in [0.2, 0.25) is 0 Å². The Balaban J connectivity index is 0.00000353. The van der Waals surface area contributed by atoms with Gasteiger partial charge in [-0.15, -0.1) is 5.10 Å². The summed E-state index contributed by atoms with van der Waals surface area (Å²) in [5, 5.41) is 53.0. The Morgan fingerprint density at radius 1 is 0.690 bits per heavy atom. The predicted molar refractivity (Wildman–Crippen MR) is 314 cm³/mol. The van der Waals surface area contributed by atoms with E-state index >= 15 is 0 Å². The second-order valence-corrected chi connectivity index (χ2v) is 22.7. The van der Waals surface area contributed by atoms with Crippen molar-refractivity contribution in [2.24, 2.45) is 11.8 Å². The number of carboxylic acid groups (broad SMARTS) is 4. The summed E-state index contributed by atoms with van der Waals surface area (Å²) in [5.74, 6) is -8.98. The van der Waals surface area contributed by atoms with Crippen LogP contribution < -0.4 is 15.5 Å². The number of unbranched alkanes of at least 4 members (excludes halogenated alkanes) is 1. The van der Waals surface area contributed by atoms with Crippen LogP contribution in [0.15, 0.2) is 48.5 Å². The number of nitrogens with one attached hydrogen (secondary N) is 2. The first-order valence-electron chi connectivity index (χ1n) is 28.1. The monoisotopic (exact) mass is 1300 g/mol. The van der Waals surface area contributed by atoms with E-state index in [1.54, 1.807) is 11.8 Å². The van der Waals surface area contributed by atoms with E-state index in [4.69, 9.17) is 23.7 Å². The molecule has 2 aliphatic rings. The van der Waals surface area contributed by atoms with Crippen LogP contribution >= 0.6 is 7.60 Å². The van der Waals surface area contributed by atoms with Crippen molar-refractivity contribution in [3.63, 3.8) is 0 Å². The Kier molecular flexibility index (Phi) is 35.3. The Hall–Kier alpha value is -7.07. The molecule has 1 saturated heterocycles. The topological polar surface area (TPSA) is 403 Å². The molecule has 7 N–H and O–H groups in total. The van der Waals surface area contributed by atoms with Crippen LogP contribution in [-0.2, 0) is 79.7 Å². The fraction of sp³-hybridized carbons (Fsp3) is 0.571. The van der Waals surface area contributed by atoms with Crippen molar-refractivity contribution in [1.82, 2.24) is 45.2 Å². The zero-order valence-electron chi connectivity index (χ0n) is 48.7. The molecule has 0 saturated carbocycles. The molecule has 3 unspecified atom stereocenters. The van der Waals surface area contributed by atoms with Gasteiger partial charge >= 0.3 is 63.6 Å². The van der Waals surface area contributed by atoms with E-state index in [1.807, 2.05) is 65.2 Å². The first-order chi connectivity index (χ1) is 41.0. The third kappa shape index (κ3) is 27.7. The van der Waals surface area contributed by atoms with Crippen LogP contribution in [-0.4, -0.2) is 244 Å². The van der Waals surface area contributed by atoms with E-state index in [1.165, 1.54) is 0 Å². The maximum absolute atomic E-state index is 14.2. The van der Waals surface area contributed by atoms with Gasteiger partial charge in [0.1, 0.15) is 17.5 Å². The van der Waals surface area contributed by atoms with Crippen molar-refractivity contribution in [2.45, 2.75) is 96.7 Å². The number of benzene rings is 2. The van der Waals surface area contributed by atoms with Crippen molar-refractivity contribution >= 4 is 92.8 Å². The number of anilines is 1. The van der Waals surface area contributed by atoms with Crippen molar-refractivity contribution in [3.8, 4) is 22.5 Å². The zero-order valence-corrected chi connectivity index (χ0v) is 49.6. The molecule has 0 spiro atoms. The summed E-state index contributed by atoms with van der Waals surface area (Å²) < 4.78 is 19.3. The number of aryl methyl sites for hydroxylation is 1. The number of hydrogen-bond acceptors (Lipinski definition) is 20. The number of carboxylic acids is 4. The summed E-state index contributed by atoms with van der Waals surface area (Å²) in [7, 11) is -0.290. The van der Waals surface area contributed by atoms with Crippen LogP contribution in [0.1, 0.15) is 83.1 Å². The SMILES string of the molecule is CCCC(CP(=O)(O)OCCC(CC(=O)CC[C@@H](NC(=O)CCCCC(=O)N1Cc2ccccc2-c2c(nnn2CCCNC(=O)CN2CCN(C)CCN(C)CCN(CC(=O)O)CC2)-c2ccccc21)C(=O)O)C(=O)O)C(=O)O.O=C=O.O=C=O.[68GaH3]. The van der Waals surface area contributed by atoms with Gasteiger partial charge in [0.25, 0.3) is 0 Å². The van der Waals surface area contributed by atoms with E-state index in [9.17, 15) is 68.2 Å². The predicted octanol–water partition coefficient (Wildman–Crippen LogP) is 0.843. The average Bonchev–Trinajstić information content (AvgIpc) is 1.84. The second kappa shape index (κ2) is 40.4. The number of ketones is 1. The number of para-hydroxylation sites is 1. The third-order valence-electron chi connectivity index (χ3n) is 14.3. The van der Waals surface area contributed by atoms with Gasteiger partial charge in [-0.1, -0.05) is 61.0 Å². The van der Waals surface area contributed by atoms with E-state index in [-0.39, 0.29) is 115 Å². The maximum atomic E-state index is 14.2. The number of nitrogens with zero attached hydrogens (tertiary/aromatic N) is 8. The number of hydrogen-bond donors (Lipinski definition) is 7. The first-order valence-corrected chi connectivity index (χ1v) is 29.9. The van der Waals surface area contributed by atoms with Gasteiger partial charge < -0.3 is 55.2 Å². The molecule has 2 aromatic carbocycles. The molecule has 0 bridgehead atoms. The molecule has 3 aromatic rings. The van der Waals surface area contributed by atoms with Crippen molar-refractivity contribution in [2.75, 3.05) is 104 Å². The van der Waals surface area contributed by atoms with Crippen molar-refractivity contribution in [1.29, 1.82) is 0 Å². The van der Waals surface area contributed by atoms with E-state index in [0.717, 1.165) is 43.0 Å². The summed E-state index contributed by atoms with van der Waals surface area (Å²) in [5.41, 5.74) is 4.31. The van der Waals surface area contributed by atoms with Gasteiger partial charge in [-0.05, 0) is 64.3 Å². The molecule has 87 heavy (non-hydrogen) atoms. The standard InChI is InChI=1S/C54H79N10O15P.2CO2.Ga.3H/c1-4-12-40(53(73)74)37-80(77,78)79-32-21-38(52(71)72)33-41(65)19-20-44(54(75)76)56-46(66)17-9-10-18-48(68)63-34-39-13-5-6-14-42(39)51-50(43-15-7-8-16-45(43)63)57-58-64(51)23-11-22-55-47(67)35-61-28-26-59(2)24-25-60(3)27-29-62(31-30-61)36-49(69)70;2*2-1-3;;;;/h5-8,13-16,38,40,44H,4,9-12,17-37H2,1-3H3,(H,55,67)(H,56,66)(H,69,70)(H,71,72)(H,73,74)(H,75,76)(H,77,78);;;;;;/t38?,40?,44-;;;;;;/m1....../s1/i;;;1-2;;;. The molecule has 0 aliphatic carbocycles. The number of amides is 3. The van der Waals surface area contributed by atoms with Gasteiger partial charge in [0.05, 0.1) is 55.6 Å². The summed E-state index contributed by atoms with van der Waals surface area (Å²) in [6.45, 7) is 7.84. The number of carbonyl (C=O) groups excluding carboxylic acids is 8. The molecule has 2 aliphatic heterocycles. The average molecular weight is 1300 g/mol. The summed E-state index contributed by atoms with van der Waals surface area (Å²) in [6, 6.07) is 13.6. The molecular weight excluding hydrogens is 1220 g/mol. The van der Waals surface area contributed by atoms with E-state index in [2.05, 4.69) is 42.7 Å². The third-order valence-corrected chi connectivity index (χ3v) is 15.8. The Labute approximate surface area is 516 Å². The fourth-order valence-corrected chi connectivity index (χ4v) is 11.0. The molecule has 4 atom stereocenters. The van der Waals surface area contributed by atoms with Crippen molar-refractivity contribution in [3.05, 3.63) is 54.1 Å². The molecule has 478 valence electrons. The zero-order chi connectivity index (χ0) is 63.8. The molecule has 5 rings (SSSR count). The quantitative estimate of drug-likeness (QED) is 0.0276. The molecule has 29 nitrogen and oxygen atoms in total. The number of Topliss-reactive ketones (excluding diaryl/α,β-unsaturated/α-hetero) is 1. The molecule has 3 heterocycles. The summed E-state index contributed by atoms with van der Waals surface area (Å²) >= 11 is 0. The van der Waals surface area contributed by atoms with Gasteiger partial charge in [0, 0.05) is 102 Å². The molecule has 3 amide bonds. The number of aliphatic carboxylic acids is 4. The number of carbonyl (C=O) groups is 8. The Bertz CT molecular complexity index is 2860. The van der Waals surface area contributed by atoms with Gasteiger partial charge in [-0.25, -0.2) is 9.48 Å². The molecule has 0 radical (unpaired) electrons. The number of aromatic nitrogens is 3. The van der Waals surface area contributed by atoms with E-state index in [0.29, 0.717) is 69.1 Å². The number of likely N-dealkylation sites (N-methyl/N-ethyl adjacent to an activating group) is 2. The second-order valence-electron chi connectivity index (χ2n) is 20.8. The van der Waals surface area contributed by atoms with Crippen LogP contribution in [0, 0.1) is 11.8 Å². The first kappa shape index (κ1) is 76.0. The van der Waals surface area contributed by atoms with Crippen LogP contribution in [0.3, 0.4) is 0 Å².